The van der Waals surface area contributed by atoms with Crippen molar-refractivity contribution < 1.29 is 14.7 Å². The van der Waals surface area contributed by atoms with Crippen molar-refractivity contribution in [2.45, 2.75) is 18.9 Å². The molecule has 1 amide bonds. The first-order chi connectivity index (χ1) is 12.1. The highest BCUT2D eigenvalue weighted by Crippen LogP contribution is 2.38. The molecule has 2 aromatic rings. The van der Waals surface area contributed by atoms with Gasteiger partial charge in [-0.2, -0.15) is 5.26 Å². The minimum atomic E-state index is -0.983. The highest BCUT2D eigenvalue weighted by Gasteiger charge is 2.44. The number of likely N-dealkylation sites (tertiary alicyclic amines) is 1. The molecule has 5 nitrogen and oxygen atoms in total. The zero-order chi connectivity index (χ0) is 17.8. The molecule has 126 valence electrons. The lowest BCUT2D eigenvalue weighted by Crippen LogP contribution is -2.32. The summed E-state index contributed by atoms with van der Waals surface area (Å²) in [7, 11) is 0. The van der Waals surface area contributed by atoms with E-state index >= 15 is 0 Å². The van der Waals surface area contributed by atoms with Crippen LogP contribution in [-0.4, -0.2) is 28.4 Å². The van der Waals surface area contributed by atoms with E-state index in [0.717, 1.165) is 5.56 Å². The van der Waals surface area contributed by atoms with Gasteiger partial charge in [0, 0.05) is 13.0 Å². The number of carboxylic acid groups (broad SMARTS) is 1. The molecule has 0 spiro atoms. The third-order valence-electron chi connectivity index (χ3n) is 4.59. The normalized spacial score (nSPS) is 19.6. The lowest BCUT2D eigenvalue weighted by molar-refractivity contribution is -0.142. The van der Waals surface area contributed by atoms with Gasteiger partial charge in [-0.3, -0.25) is 9.59 Å². The average Bonchev–Trinajstić information content (AvgIpc) is 2.97. The van der Waals surface area contributed by atoms with Gasteiger partial charge in [0.2, 0.25) is 5.91 Å². The van der Waals surface area contributed by atoms with Gasteiger partial charge in [-0.15, -0.1) is 0 Å². The van der Waals surface area contributed by atoms with Crippen LogP contribution in [0.2, 0.25) is 0 Å². The third kappa shape index (κ3) is 3.53. The van der Waals surface area contributed by atoms with E-state index in [1.807, 2.05) is 30.3 Å². The Labute approximate surface area is 146 Å². The summed E-state index contributed by atoms with van der Waals surface area (Å²) in [5, 5.41) is 18.7. The number of hydrogen-bond acceptors (Lipinski definition) is 3. The van der Waals surface area contributed by atoms with Crippen molar-refractivity contribution in [1.82, 2.24) is 4.90 Å². The van der Waals surface area contributed by atoms with E-state index in [2.05, 4.69) is 6.07 Å². The Kier molecular flexibility index (Phi) is 4.80. The summed E-state index contributed by atoms with van der Waals surface area (Å²) < 4.78 is 0. The van der Waals surface area contributed by atoms with Crippen LogP contribution < -0.4 is 0 Å². The standard InChI is InChI=1S/C20H18N2O3/c21-13-15-7-4-8-16(11-15)19-17(20(24)25)12-18(23)22(19)10-9-14-5-2-1-3-6-14/h1-8,11,17,19H,9-10,12H2,(H,24,25)/t17-,19-/m1/s1. The molecule has 0 unspecified atom stereocenters. The fourth-order valence-corrected chi connectivity index (χ4v) is 3.37. The van der Waals surface area contributed by atoms with Crippen molar-refractivity contribution in [3.05, 3.63) is 71.3 Å². The number of carbonyl (C=O) groups excluding carboxylic acids is 1. The lowest BCUT2D eigenvalue weighted by Gasteiger charge is -2.27. The number of carbonyl (C=O) groups is 2. The van der Waals surface area contributed by atoms with Crippen LogP contribution in [0.5, 0.6) is 0 Å². The molecule has 0 radical (unpaired) electrons. The van der Waals surface area contributed by atoms with Gasteiger partial charge in [-0.25, -0.2) is 0 Å². The number of hydrogen-bond donors (Lipinski definition) is 1. The van der Waals surface area contributed by atoms with Gasteiger partial charge in [0.05, 0.1) is 23.6 Å². The van der Waals surface area contributed by atoms with Gasteiger partial charge in [0.1, 0.15) is 0 Å². The molecule has 0 aromatic heterocycles. The van der Waals surface area contributed by atoms with Gasteiger partial charge < -0.3 is 10.0 Å². The second kappa shape index (κ2) is 7.18. The molecule has 1 fully saturated rings. The number of carboxylic acids is 1. The first-order valence-corrected chi connectivity index (χ1v) is 8.16. The van der Waals surface area contributed by atoms with Crippen LogP contribution in [0.25, 0.3) is 0 Å². The Balaban J connectivity index is 1.89. The fraction of sp³-hybridized carbons (Fsp3) is 0.250. The SMILES string of the molecule is N#Cc1cccc([C@@H]2[C@H](C(=O)O)CC(=O)N2CCc2ccccc2)c1. The highest BCUT2D eigenvalue weighted by atomic mass is 16.4. The fourth-order valence-electron chi connectivity index (χ4n) is 3.37. The van der Waals surface area contributed by atoms with Crippen LogP contribution in [-0.2, 0) is 16.0 Å². The maximum absolute atomic E-state index is 12.4. The molecule has 2 aromatic carbocycles. The quantitative estimate of drug-likeness (QED) is 0.911. The molecular formula is C20H18N2O3. The Morgan fingerprint density at radius 3 is 2.64 bits per heavy atom. The molecule has 0 bridgehead atoms. The third-order valence-corrected chi connectivity index (χ3v) is 4.59. The van der Waals surface area contributed by atoms with E-state index in [0.29, 0.717) is 24.1 Å². The maximum Gasteiger partial charge on any atom is 0.309 e. The van der Waals surface area contributed by atoms with E-state index in [1.54, 1.807) is 29.2 Å². The second-order valence-electron chi connectivity index (χ2n) is 6.15. The van der Waals surface area contributed by atoms with Crippen molar-refractivity contribution >= 4 is 11.9 Å². The van der Waals surface area contributed by atoms with Gasteiger partial charge >= 0.3 is 5.97 Å². The van der Waals surface area contributed by atoms with Crippen LogP contribution in [0.1, 0.15) is 29.2 Å². The molecule has 0 saturated carbocycles. The molecular weight excluding hydrogens is 316 g/mol. The number of rotatable bonds is 5. The molecule has 5 heteroatoms. The molecule has 1 aliphatic heterocycles. The molecule has 3 rings (SSSR count). The molecule has 1 heterocycles. The van der Waals surface area contributed by atoms with E-state index in [1.165, 1.54) is 0 Å². The zero-order valence-corrected chi connectivity index (χ0v) is 13.6. The molecule has 1 aliphatic rings. The summed E-state index contributed by atoms with van der Waals surface area (Å²) in [5.74, 6) is -1.93. The Morgan fingerprint density at radius 2 is 1.96 bits per heavy atom. The summed E-state index contributed by atoms with van der Waals surface area (Å²) in [4.78, 5) is 25.7. The number of nitriles is 1. The molecule has 1 N–H and O–H groups in total. The largest absolute Gasteiger partial charge is 0.481 e. The monoisotopic (exact) mass is 334 g/mol. The predicted molar refractivity (Wildman–Crippen MR) is 91.5 cm³/mol. The zero-order valence-electron chi connectivity index (χ0n) is 13.6. The number of amides is 1. The summed E-state index contributed by atoms with van der Waals surface area (Å²) in [6, 6.07) is 18.2. The van der Waals surface area contributed by atoms with E-state index in [-0.39, 0.29) is 12.3 Å². The summed E-state index contributed by atoms with van der Waals surface area (Å²) in [5.41, 5.74) is 2.26. The van der Waals surface area contributed by atoms with Crippen molar-refractivity contribution in [2.75, 3.05) is 6.54 Å². The van der Waals surface area contributed by atoms with Crippen LogP contribution in [0, 0.1) is 17.2 Å². The minimum Gasteiger partial charge on any atom is -0.481 e. The lowest BCUT2D eigenvalue weighted by atomic mass is 9.92. The van der Waals surface area contributed by atoms with Crippen molar-refractivity contribution in [1.29, 1.82) is 5.26 Å². The van der Waals surface area contributed by atoms with Gasteiger partial charge in [0.25, 0.3) is 0 Å². The Bertz CT molecular complexity index is 826. The molecule has 2 atom stereocenters. The van der Waals surface area contributed by atoms with Crippen molar-refractivity contribution in [3.8, 4) is 6.07 Å². The summed E-state index contributed by atoms with van der Waals surface area (Å²) >= 11 is 0. The average molecular weight is 334 g/mol. The highest BCUT2D eigenvalue weighted by molar-refractivity contribution is 5.87. The molecule has 1 saturated heterocycles. The first kappa shape index (κ1) is 16.7. The molecule has 0 aliphatic carbocycles. The van der Waals surface area contributed by atoms with Crippen molar-refractivity contribution in [3.63, 3.8) is 0 Å². The Hall–Kier alpha value is -3.13. The predicted octanol–water partition coefficient (Wildman–Crippen LogP) is 2.78. The number of aliphatic carboxylic acids is 1. The van der Waals surface area contributed by atoms with Crippen LogP contribution in [0.15, 0.2) is 54.6 Å². The summed E-state index contributed by atoms with van der Waals surface area (Å²) in [6.45, 7) is 0.452. The topological polar surface area (TPSA) is 81.4 Å². The summed E-state index contributed by atoms with van der Waals surface area (Å²) in [6.07, 6.45) is 0.652. The van der Waals surface area contributed by atoms with Crippen LogP contribution in [0.4, 0.5) is 0 Å². The second-order valence-corrected chi connectivity index (χ2v) is 6.15. The Morgan fingerprint density at radius 1 is 1.20 bits per heavy atom. The van der Waals surface area contributed by atoms with Crippen LogP contribution in [0.3, 0.4) is 0 Å². The maximum atomic E-state index is 12.4. The van der Waals surface area contributed by atoms with Crippen LogP contribution >= 0.6 is 0 Å². The molecule has 25 heavy (non-hydrogen) atoms. The minimum absolute atomic E-state index is 0.00836. The smallest absolute Gasteiger partial charge is 0.309 e. The number of nitrogens with zero attached hydrogens (tertiary/aromatic N) is 2. The van der Waals surface area contributed by atoms with E-state index in [4.69, 9.17) is 5.26 Å². The van der Waals surface area contributed by atoms with Gasteiger partial charge in [-0.1, -0.05) is 42.5 Å². The number of benzene rings is 2. The first-order valence-electron chi connectivity index (χ1n) is 8.16. The van der Waals surface area contributed by atoms with Crippen molar-refractivity contribution in [2.24, 2.45) is 5.92 Å². The van der Waals surface area contributed by atoms with Gasteiger partial charge in [-0.05, 0) is 29.7 Å². The van der Waals surface area contributed by atoms with E-state index in [9.17, 15) is 14.7 Å². The van der Waals surface area contributed by atoms with Gasteiger partial charge in [0.15, 0.2) is 0 Å². The van der Waals surface area contributed by atoms with E-state index < -0.39 is 17.9 Å².